The van der Waals surface area contributed by atoms with E-state index in [0.717, 1.165) is 12.8 Å². The van der Waals surface area contributed by atoms with E-state index >= 15 is 0 Å². The maximum Gasteiger partial charge on any atom is 0.319 e. The summed E-state index contributed by atoms with van der Waals surface area (Å²) in [5.74, 6) is 0.712. The number of hydrogen-bond acceptors (Lipinski definition) is 5. The van der Waals surface area contributed by atoms with Gasteiger partial charge < -0.3 is 35.5 Å². The number of benzene rings is 2. The minimum absolute atomic E-state index is 0.246. The van der Waals surface area contributed by atoms with E-state index in [2.05, 4.69) is 20.9 Å². The number of para-hydroxylation sites is 1. The summed E-state index contributed by atoms with van der Waals surface area (Å²) in [5, 5.41) is 19.0. The highest BCUT2D eigenvalue weighted by Gasteiger charge is 2.24. The Morgan fingerprint density at radius 1 is 1.06 bits per heavy atom. The number of carbonyl (C=O) groups is 2. The molecular formula is C22H22N4O5. The molecule has 1 aromatic heterocycles. The SMILES string of the molecule is O=C(Nc1cccc2c(C(=O)Nc3cc4c(cc3CO)OCCO4)c[nH]c12)NC1CC1. The number of hydrogen-bond donors (Lipinski definition) is 5. The number of nitrogens with one attached hydrogen (secondary N) is 4. The molecule has 1 fully saturated rings. The van der Waals surface area contributed by atoms with E-state index in [0.29, 0.717) is 58.1 Å². The van der Waals surface area contributed by atoms with Crippen molar-refractivity contribution >= 4 is 34.2 Å². The van der Waals surface area contributed by atoms with Crippen molar-refractivity contribution in [3.8, 4) is 11.5 Å². The lowest BCUT2D eigenvalue weighted by atomic mass is 10.1. The Balaban J connectivity index is 1.40. The molecule has 0 saturated heterocycles. The summed E-state index contributed by atoms with van der Waals surface area (Å²) in [6.07, 6.45) is 3.60. The number of aromatic nitrogens is 1. The predicted molar refractivity (Wildman–Crippen MR) is 115 cm³/mol. The van der Waals surface area contributed by atoms with E-state index in [1.807, 2.05) is 6.07 Å². The van der Waals surface area contributed by atoms with Gasteiger partial charge in [-0.3, -0.25) is 4.79 Å². The minimum atomic E-state index is -0.350. The van der Waals surface area contributed by atoms with E-state index in [9.17, 15) is 14.7 Å². The molecular weight excluding hydrogens is 400 g/mol. The van der Waals surface area contributed by atoms with Crippen molar-refractivity contribution in [2.45, 2.75) is 25.5 Å². The van der Waals surface area contributed by atoms with Crippen LogP contribution in [-0.4, -0.2) is 41.3 Å². The van der Waals surface area contributed by atoms with E-state index in [1.165, 1.54) is 0 Å². The lowest BCUT2D eigenvalue weighted by Gasteiger charge is -2.21. The molecule has 0 spiro atoms. The van der Waals surface area contributed by atoms with E-state index in [-0.39, 0.29) is 24.6 Å². The van der Waals surface area contributed by atoms with Crippen molar-refractivity contribution in [3.63, 3.8) is 0 Å². The van der Waals surface area contributed by atoms with Gasteiger partial charge in [-0.05, 0) is 25.0 Å². The van der Waals surface area contributed by atoms with Crippen LogP contribution in [0.15, 0.2) is 36.5 Å². The molecule has 0 unspecified atom stereocenters. The molecule has 2 aliphatic rings. The fraction of sp³-hybridized carbons (Fsp3) is 0.273. The summed E-state index contributed by atoms with van der Waals surface area (Å²) in [6.45, 7) is 0.601. The molecule has 9 nitrogen and oxygen atoms in total. The molecule has 9 heteroatoms. The van der Waals surface area contributed by atoms with Crippen LogP contribution in [0, 0.1) is 0 Å². The van der Waals surface area contributed by atoms with Gasteiger partial charge in [0.05, 0.1) is 29.1 Å². The molecule has 5 rings (SSSR count). The zero-order chi connectivity index (χ0) is 21.4. The van der Waals surface area contributed by atoms with Crippen LogP contribution in [0.1, 0.15) is 28.8 Å². The van der Waals surface area contributed by atoms with Crippen LogP contribution in [0.25, 0.3) is 10.9 Å². The van der Waals surface area contributed by atoms with Crippen molar-refractivity contribution in [2.75, 3.05) is 23.8 Å². The van der Waals surface area contributed by atoms with Crippen LogP contribution >= 0.6 is 0 Å². The third kappa shape index (κ3) is 3.87. The van der Waals surface area contributed by atoms with Gasteiger partial charge in [0, 0.05) is 29.3 Å². The van der Waals surface area contributed by atoms with E-state index < -0.39 is 0 Å². The highest BCUT2D eigenvalue weighted by atomic mass is 16.6. The first kappa shape index (κ1) is 19.3. The lowest BCUT2D eigenvalue weighted by Crippen LogP contribution is -2.30. The molecule has 2 heterocycles. The number of ether oxygens (including phenoxy) is 2. The molecule has 31 heavy (non-hydrogen) atoms. The quantitative estimate of drug-likeness (QED) is 0.432. The largest absolute Gasteiger partial charge is 0.486 e. The second-order valence-electron chi connectivity index (χ2n) is 7.57. The van der Waals surface area contributed by atoms with Crippen molar-refractivity contribution in [3.05, 3.63) is 47.7 Å². The van der Waals surface area contributed by atoms with Gasteiger partial charge in [0.25, 0.3) is 5.91 Å². The number of aliphatic hydroxyl groups excluding tert-OH is 1. The summed E-state index contributed by atoms with van der Waals surface area (Å²) in [5.41, 5.74) is 2.63. The Hall–Kier alpha value is -3.72. The molecule has 3 amide bonds. The predicted octanol–water partition coefficient (Wildman–Crippen LogP) is 2.97. The number of carbonyl (C=O) groups excluding carboxylic acids is 2. The zero-order valence-corrected chi connectivity index (χ0v) is 16.7. The summed E-state index contributed by atoms with van der Waals surface area (Å²) in [6, 6.07) is 8.67. The van der Waals surface area contributed by atoms with E-state index in [4.69, 9.17) is 9.47 Å². The number of anilines is 2. The first-order valence-corrected chi connectivity index (χ1v) is 10.1. The first-order chi connectivity index (χ1) is 15.1. The molecule has 0 bridgehead atoms. The van der Waals surface area contributed by atoms with Gasteiger partial charge in [-0.15, -0.1) is 0 Å². The van der Waals surface area contributed by atoms with Gasteiger partial charge in [0.15, 0.2) is 11.5 Å². The van der Waals surface area contributed by atoms with E-state index in [1.54, 1.807) is 30.5 Å². The van der Waals surface area contributed by atoms with Crippen LogP contribution in [0.5, 0.6) is 11.5 Å². The Morgan fingerprint density at radius 3 is 2.58 bits per heavy atom. The maximum absolute atomic E-state index is 13.0. The fourth-order valence-corrected chi connectivity index (χ4v) is 3.59. The highest BCUT2D eigenvalue weighted by molar-refractivity contribution is 6.15. The monoisotopic (exact) mass is 422 g/mol. The van der Waals surface area contributed by atoms with Crippen LogP contribution in [0.4, 0.5) is 16.2 Å². The van der Waals surface area contributed by atoms with Crippen molar-refractivity contribution < 1.29 is 24.2 Å². The number of rotatable bonds is 5. The Kier molecular flexibility index (Phi) is 4.87. The Labute approximate surface area is 177 Å². The lowest BCUT2D eigenvalue weighted by molar-refractivity contribution is 0.102. The number of fused-ring (bicyclic) bond motifs is 2. The molecule has 2 aromatic carbocycles. The summed E-state index contributed by atoms with van der Waals surface area (Å²) < 4.78 is 11.1. The average Bonchev–Trinajstić information content (AvgIpc) is 3.47. The second-order valence-corrected chi connectivity index (χ2v) is 7.57. The molecule has 1 aliphatic carbocycles. The highest BCUT2D eigenvalue weighted by Crippen LogP contribution is 2.36. The minimum Gasteiger partial charge on any atom is -0.486 e. The van der Waals surface area contributed by atoms with Crippen LogP contribution in [-0.2, 0) is 6.61 Å². The topological polar surface area (TPSA) is 125 Å². The van der Waals surface area contributed by atoms with Crippen LogP contribution in [0.3, 0.4) is 0 Å². The van der Waals surface area contributed by atoms with Gasteiger partial charge >= 0.3 is 6.03 Å². The third-order valence-electron chi connectivity index (χ3n) is 5.31. The van der Waals surface area contributed by atoms with Crippen LogP contribution < -0.4 is 25.4 Å². The number of aromatic amines is 1. The number of aliphatic hydroxyl groups is 1. The Morgan fingerprint density at radius 2 is 1.84 bits per heavy atom. The summed E-state index contributed by atoms with van der Waals surface area (Å²) in [4.78, 5) is 28.2. The number of amides is 3. The smallest absolute Gasteiger partial charge is 0.319 e. The van der Waals surface area contributed by atoms with Gasteiger partial charge in [0.2, 0.25) is 0 Å². The molecule has 1 saturated carbocycles. The zero-order valence-electron chi connectivity index (χ0n) is 16.7. The van der Waals surface area contributed by atoms with Gasteiger partial charge in [-0.2, -0.15) is 0 Å². The van der Waals surface area contributed by atoms with Crippen molar-refractivity contribution in [1.29, 1.82) is 0 Å². The molecule has 3 aromatic rings. The number of H-pyrrole nitrogens is 1. The first-order valence-electron chi connectivity index (χ1n) is 10.1. The summed E-state index contributed by atoms with van der Waals surface area (Å²) >= 11 is 0. The van der Waals surface area contributed by atoms with Crippen molar-refractivity contribution in [1.82, 2.24) is 10.3 Å². The fourth-order valence-electron chi connectivity index (χ4n) is 3.59. The molecule has 0 radical (unpaired) electrons. The molecule has 0 atom stereocenters. The Bertz CT molecular complexity index is 1170. The second kappa shape index (κ2) is 7.84. The molecule has 160 valence electrons. The number of urea groups is 1. The average molecular weight is 422 g/mol. The van der Waals surface area contributed by atoms with Gasteiger partial charge in [-0.25, -0.2) is 4.79 Å². The standard InChI is InChI=1S/C22H22N4O5/c27-11-12-8-18-19(31-7-6-30-18)9-17(12)25-21(28)15-10-23-20-14(15)2-1-3-16(20)26-22(29)24-13-4-5-13/h1-3,8-10,13,23,27H,4-7,11H2,(H,25,28)(H2,24,26,29). The van der Waals surface area contributed by atoms with Gasteiger partial charge in [0.1, 0.15) is 13.2 Å². The molecule has 1 aliphatic heterocycles. The molecule has 5 N–H and O–H groups in total. The van der Waals surface area contributed by atoms with Gasteiger partial charge in [-0.1, -0.05) is 12.1 Å². The van der Waals surface area contributed by atoms with Crippen molar-refractivity contribution in [2.24, 2.45) is 0 Å². The normalized spacial score (nSPS) is 14.9. The third-order valence-corrected chi connectivity index (χ3v) is 5.31. The maximum atomic E-state index is 13.0. The van der Waals surface area contributed by atoms with Crippen LogP contribution in [0.2, 0.25) is 0 Å². The summed E-state index contributed by atoms with van der Waals surface area (Å²) in [7, 11) is 0.